The van der Waals surface area contributed by atoms with Crippen LogP contribution in [0.15, 0.2) is 66.9 Å². The Morgan fingerprint density at radius 2 is 1.75 bits per heavy atom. The summed E-state index contributed by atoms with van der Waals surface area (Å²) in [4.78, 5) is 44.6. The average molecular weight is 617 g/mol. The topological polar surface area (TPSA) is 113 Å². The van der Waals surface area contributed by atoms with Crippen LogP contribution in [0.5, 0.6) is 11.5 Å². The van der Waals surface area contributed by atoms with E-state index in [0.717, 1.165) is 22.0 Å². The first kappa shape index (κ1) is 29.5. The summed E-state index contributed by atoms with van der Waals surface area (Å²) in [5.41, 5.74) is 3.47. The molecule has 10 nitrogen and oxygen atoms in total. The van der Waals surface area contributed by atoms with Crippen LogP contribution in [0.1, 0.15) is 27.9 Å². The van der Waals surface area contributed by atoms with Crippen LogP contribution in [0.2, 0.25) is 5.02 Å². The Morgan fingerprint density at radius 1 is 1.05 bits per heavy atom. The number of aryl methyl sites for hydroxylation is 1. The van der Waals surface area contributed by atoms with Crippen LogP contribution in [0.4, 0.5) is 5.69 Å². The quantitative estimate of drug-likeness (QED) is 0.327. The van der Waals surface area contributed by atoms with Crippen LogP contribution in [-0.2, 0) is 29.6 Å². The lowest BCUT2D eigenvalue weighted by Gasteiger charge is -2.36. The molecule has 44 heavy (non-hydrogen) atoms. The minimum absolute atomic E-state index is 0.0111. The molecule has 3 amide bonds. The van der Waals surface area contributed by atoms with E-state index in [1.807, 2.05) is 54.1 Å². The molecule has 1 fully saturated rings. The number of carbonyl (C=O) groups excluding carboxylic acids is 3. The second-order valence-corrected chi connectivity index (χ2v) is 11.6. The number of rotatable bonds is 7. The lowest BCUT2D eigenvalue weighted by molar-refractivity contribution is -0.130. The number of nitrogens with zero attached hydrogens (tertiary/aromatic N) is 3. The van der Waals surface area contributed by atoms with E-state index in [-0.39, 0.29) is 37.7 Å². The Bertz CT molecular complexity index is 1770. The van der Waals surface area contributed by atoms with Crippen LogP contribution in [0.3, 0.4) is 0 Å². The largest absolute Gasteiger partial charge is 0.493 e. The Balaban J connectivity index is 1.30. The SMILES string of the molecule is COc1cc2c(cc1OC)N(Cc1ccccc1Cl)C(=O)C(NC(=O)C1CC(O)CN1C(=O)c1cn(C)c3ccccc13)C2. The van der Waals surface area contributed by atoms with Crippen LogP contribution in [0.25, 0.3) is 10.9 Å². The summed E-state index contributed by atoms with van der Waals surface area (Å²) in [5.74, 6) is -0.225. The number of ether oxygens (including phenoxy) is 2. The predicted molar refractivity (Wildman–Crippen MR) is 166 cm³/mol. The molecule has 3 heterocycles. The first-order valence-corrected chi connectivity index (χ1v) is 14.7. The second kappa shape index (κ2) is 11.9. The molecule has 0 bridgehead atoms. The van der Waals surface area contributed by atoms with Gasteiger partial charge < -0.3 is 34.3 Å². The smallest absolute Gasteiger partial charge is 0.256 e. The zero-order chi connectivity index (χ0) is 31.1. The molecule has 228 valence electrons. The second-order valence-electron chi connectivity index (χ2n) is 11.2. The number of anilines is 1. The molecule has 0 saturated carbocycles. The maximum Gasteiger partial charge on any atom is 0.256 e. The van der Waals surface area contributed by atoms with Crippen molar-refractivity contribution in [1.82, 2.24) is 14.8 Å². The summed E-state index contributed by atoms with van der Waals surface area (Å²) in [6.07, 6.45) is 1.13. The van der Waals surface area contributed by atoms with Gasteiger partial charge in [0.1, 0.15) is 12.1 Å². The number of fused-ring (bicyclic) bond motifs is 2. The molecule has 4 aromatic rings. The zero-order valence-electron chi connectivity index (χ0n) is 24.6. The summed E-state index contributed by atoms with van der Waals surface area (Å²) in [5, 5.41) is 14.7. The van der Waals surface area contributed by atoms with Crippen molar-refractivity contribution >= 4 is 45.9 Å². The summed E-state index contributed by atoms with van der Waals surface area (Å²) in [7, 11) is 4.91. The number of amides is 3. The Labute approximate surface area is 259 Å². The number of halogens is 1. The number of carbonyl (C=O) groups is 3. The number of aliphatic hydroxyl groups excluding tert-OH is 1. The number of hydrogen-bond acceptors (Lipinski definition) is 6. The minimum Gasteiger partial charge on any atom is -0.493 e. The third kappa shape index (κ3) is 5.24. The van der Waals surface area contributed by atoms with Gasteiger partial charge in [-0.15, -0.1) is 0 Å². The monoisotopic (exact) mass is 616 g/mol. The van der Waals surface area contributed by atoms with Crippen molar-refractivity contribution in [1.29, 1.82) is 0 Å². The van der Waals surface area contributed by atoms with Gasteiger partial charge in [-0.05, 0) is 29.3 Å². The number of likely N-dealkylation sites (tertiary alicyclic amines) is 1. The fourth-order valence-corrected chi connectivity index (χ4v) is 6.43. The van der Waals surface area contributed by atoms with Crippen molar-refractivity contribution < 1.29 is 29.0 Å². The molecular weight excluding hydrogens is 584 g/mol. The maximum absolute atomic E-state index is 14.0. The van der Waals surface area contributed by atoms with E-state index in [9.17, 15) is 19.5 Å². The van der Waals surface area contributed by atoms with Gasteiger partial charge in [0, 0.05) is 54.6 Å². The molecule has 11 heteroatoms. The van der Waals surface area contributed by atoms with Crippen molar-refractivity contribution in [2.24, 2.45) is 7.05 Å². The summed E-state index contributed by atoms with van der Waals surface area (Å²) >= 11 is 6.46. The fourth-order valence-electron chi connectivity index (χ4n) is 6.23. The number of aromatic nitrogens is 1. The number of β-amino-alcohol motifs (C(OH)–C–C–N with tert-alkyl or cyclic N) is 1. The molecule has 2 aliphatic rings. The third-order valence-corrected chi connectivity index (χ3v) is 8.81. The highest BCUT2D eigenvalue weighted by atomic mass is 35.5. The standard InChI is InChI=1S/C33H33ClN4O6/c1-36-18-23(22-9-5-7-11-26(22)36)32(41)38-17-21(39)14-28(38)31(40)35-25-12-20-13-29(43-2)30(44-3)15-27(20)37(33(25)42)16-19-8-4-6-10-24(19)34/h4-11,13,15,18,21,25,28,39H,12,14,16-17H2,1-3H3,(H,35,40). The van der Waals surface area contributed by atoms with Gasteiger partial charge in [-0.1, -0.05) is 48.0 Å². The van der Waals surface area contributed by atoms with Crippen LogP contribution < -0.4 is 19.7 Å². The molecule has 3 aromatic carbocycles. The summed E-state index contributed by atoms with van der Waals surface area (Å²) < 4.78 is 12.9. The van der Waals surface area contributed by atoms with E-state index in [4.69, 9.17) is 21.1 Å². The van der Waals surface area contributed by atoms with Gasteiger partial charge in [0.05, 0.1) is 38.1 Å². The fraction of sp³-hybridized carbons (Fsp3) is 0.303. The minimum atomic E-state index is -0.951. The van der Waals surface area contributed by atoms with Crippen LogP contribution >= 0.6 is 11.6 Å². The van der Waals surface area contributed by atoms with Crippen molar-refractivity contribution in [2.75, 3.05) is 25.7 Å². The van der Waals surface area contributed by atoms with E-state index in [1.165, 1.54) is 19.1 Å². The van der Waals surface area contributed by atoms with Gasteiger partial charge in [-0.3, -0.25) is 14.4 Å². The normalized spacial score (nSPS) is 19.7. The van der Waals surface area contributed by atoms with Gasteiger partial charge in [-0.2, -0.15) is 0 Å². The highest BCUT2D eigenvalue weighted by molar-refractivity contribution is 6.31. The van der Waals surface area contributed by atoms with E-state index in [0.29, 0.717) is 27.8 Å². The predicted octanol–water partition coefficient (Wildman–Crippen LogP) is 3.70. The van der Waals surface area contributed by atoms with Crippen LogP contribution in [-0.4, -0.2) is 71.2 Å². The van der Waals surface area contributed by atoms with E-state index in [1.54, 1.807) is 29.3 Å². The van der Waals surface area contributed by atoms with Crippen molar-refractivity contribution in [3.8, 4) is 11.5 Å². The molecule has 2 aliphatic heterocycles. The number of hydrogen-bond donors (Lipinski definition) is 2. The van der Waals surface area contributed by atoms with Gasteiger partial charge in [0.25, 0.3) is 5.91 Å². The molecule has 6 rings (SSSR count). The summed E-state index contributed by atoms with van der Waals surface area (Å²) in [6, 6.07) is 16.5. The Morgan fingerprint density at radius 3 is 2.50 bits per heavy atom. The van der Waals surface area contributed by atoms with Gasteiger partial charge in [0.15, 0.2) is 11.5 Å². The molecule has 2 N–H and O–H groups in total. The first-order valence-electron chi connectivity index (χ1n) is 14.3. The molecule has 1 aromatic heterocycles. The Hall–Kier alpha value is -4.54. The first-order chi connectivity index (χ1) is 21.2. The highest BCUT2D eigenvalue weighted by Crippen LogP contribution is 2.39. The number of aliphatic hydroxyl groups is 1. The van der Waals surface area contributed by atoms with Gasteiger partial charge >= 0.3 is 0 Å². The molecule has 0 radical (unpaired) electrons. The van der Waals surface area contributed by atoms with Crippen molar-refractivity contribution in [3.05, 3.63) is 88.6 Å². The maximum atomic E-state index is 14.0. The lowest BCUT2D eigenvalue weighted by atomic mass is 9.95. The molecular formula is C33H33ClN4O6. The third-order valence-electron chi connectivity index (χ3n) is 8.44. The lowest BCUT2D eigenvalue weighted by Crippen LogP contribution is -2.56. The number of methoxy groups -OCH3 is 2. The van der Waals surface area contributed by atoms with Crippen LogP contribution in [0, 0.1) is 0 Å². The van der Waals surface area contributed by atoms with E-state index < -0.39 is 24.1 Å². The number of para-hydroxylation sites is 1. The van der Waals surface area contributed by atoms with Gasteiger partial charge in [0.2, 0.25) is 11.8 Å². The van der Waals surface area contributed by atoms with Crippen molar-refractivity contribution in [2.45, 2.75) is 37.6 Å². The van der Waals surface area contributed by atoms with Crippen molar-refractivity contribution in [3.63, 3.8) is 0 Å². The number of nitrogens with one attached hydrogen (secondary N) is 1. The van der Waals surface area contributed by atoms with Gasteiger partial charge in [-0.25, -0.2) is 0 Å². The Kier molecular flexibility index (Phi) is 7.96. The zero-order valence-corrected chi connectivity index (χ0v) is 25.4. The highest BCUT2D eigenvalue weighted by Gasteiger charge is 2.42. The number of benzene rings is 3. The molecule has 0 spiro atoms. The molecule has 3 unspecified atom stereocenters. The molecule has 3 atom stereocenters. The van der Waals surface area contributed by atoms with E-state index >= 15 is 0 Å². The van der Waals surface area contributed by atoms with E-state index in [2.05, 4.69) is 5.32 Å². The molecule has 1 saturated heterocycles. The molecule has 0 aliphatic carbocycles. The average Bonchev–Trinajstić information content (AvgIpc) is 3.59. The summed E-state index contributed by atoms with van der Waals surface area (Å²) in [6.45, 7) is 0.179.